The van der Waals surface area contributed by atoms with E-state index in [9.17, 15) is 4.39 Å². The maximum atomic E-state index is 12.4. The molecule has 0 rings (SSSR count). The van der Waals surface area contributed by atoms with Gasteiger partial charge in [-0.05, 0) is 25.7 Å². The van der Waals surface area contributed by atoms with Crippen LogP contribution < -0.4 is 0 Å². The number of hydrogen-bond donors (Lipinski definition) is 0. The summed E-state index contributed by atoms with van der Waals surface area (Å²) < 4.78 is 12.4. The number of unbranched alkanes of at least 4 members (excludes halogenated alkanes) is 1. The van der Waals surface area contributed by atoms with Gasteiger partial charge in [-0.25, -0.2) is 4.39 Å². The third-order valence-electron chi connectivity index (χ3n) is 1.37. The Bertz CT molecular complexity index is 69.0. The van der Waals surface area contributed by atoms with E-state index < -0.39 is 6.17 Å². The highest BCUT2D eigenvalue weighted by molar-refractivity contribution is 4.66. The zero-order valence-electron chi connectivity index (χ0n) is 6.07. The Kier molecular flexibility index (Phi) is 5.59. The smallest absolute Gasteiger partial charge is 0.0999 e. The van der Waals surface area contributed by atoms with Crippen LogP contribution in [0.25, 0.3) is 0 Å². The Morgan fingerprint density at radius 1 is 1.67 bits per heavy atom. The summed E-state index contributed by atoms with van der Waals surface area (Å²) in [7, 11) is 0. The average Bonchev–Trinajstić information content (AvgIpc) is 1.89. The topological polar surface area (TPSA) is 0 Å². The van der Waals surface area contributed by atoms with E-state index in [0.717, 1.165) is 12.8 Å². The Balaban J connectivity index is 2.96. The first kappa shape index (κ1) is 8.67. The van der Waals surface area contributed by atoms with Gasteiger partial charge < -0.3 is 0 Å². The second kappa shape index (κ2) is 5.80. The van der Waals surface area contributed by atoms with Gasteiger partial charge in [0.15, 0.2) is 0 Å². The lowest BCUT2D eigenvalue weighted by Crippen LogP contribution is -1.95. The fraction of sp³-hybridized carbons (Fsp3) is 0.750. The first-order valence-electron chi connectivity index (χ1n) is 3.56. The van der Waals surface area contributed by atoms with Crippen molar-refractivity contribution in [2.24, 2.45) is 0 Å². The normalized spacial score (nSPS) is 13.1. The number of alkyl halides is 1. The van der Waals surface area contributed by atoms with E-state index in [4.69, 9.17) is 0 Å². The molecule has 0 aliphatic carbocycles. The van der Waals surface area contributed by atoms with Crippen molar-refractivity contribution in [2.45, 2.75) is 38.8 Å². The lowest BCUT2D eigenvalue weighted by molar-refractivity contribution is 0.300. The molecule has 54 valence electrons. The van der Waals surface area contributed by atoms with Gasteiger partial charge in [-0.3, -0.25) is 0 Å². The Hall–Kier alpha value is -0.330. The quantitative estimate of drug-likeness (QED) is 0.396. The zero-order valence-corrected chi connectivity index (χ0v) is 6.07. The van der Waals surface area contributed by atoms with E-state index >= 15 is 0 Å². The fourth-order valence-electron chi connectivity index (χ4n) is 0.688. The van der Waals surface area contributed by atoms with Crippen molar-refractivity contribution in [3.63, 3.8) is 0 Å². The van der Waals surface area contributed by atoms with Gasteiger partial charge in [0.25, 0.3) is 0 Å². The Morgan fingerprint density at radius 3 is 2.78 bits per heavy atom. The molecule has 0 bridgehead atoms. The molecule has 0 aliphatic rings. The molecular formula is C8H15F. The van der Waals surface area contributed by atoms with Crippen LogP contribution in [-0.2, 0) is 0 Å². The predicted octanol–water partition coefficient (Wildman–Crippen LogP) is 3.09. The molecule has 0 spiro atoms. The average molecular weight is 130 g/mol. The monoisotopic (exact) mass is 130 g/mol. The minimum Gasteiger partial charge on any atom is -0.248 e. The Morgan fingerprint density at radius 2 is 2.33 bits per heavy atom. The highest BCUT2D eigenvalue weighted by Crippen LogP contribution is 2.07. The molecule has 0 aromatic rings. The molecule has 0 saturated carbocycles. The van der Waals surface area contributed by atoms with E-state index in [-0.39, 0.29) is 0 Å². The number of allylic oxidation sites excluding steroid dienone is 1. The van der Waals surface area contributed by atoms with Crippen molar-refractivity contribution in [3.8, 4) is 0 Å². The number of hydrogen-bond acceptors (Lipinski definition) is 0. The van der Waals surface area contributed by atoms with Crippen molar-refractivity contribution in [1.29, 1.82) is 0 Å². The summed E-state index contributed by atoms with van der Waals surface area (Å²) in [5, 5.41) is 0. The summed E-state index contributed by atoms with van der Waals surface area (Å²) in [5.74, 6) is 0. The summed E-state index contributed by atoms with van der Waals surface area (Å²) in [6.07, 6.45) is 4.48. The first-order chi connectivity index (χ1) is 4.31. The van der Waals surface area contributed by atoms with Crippen LogP contribution in [0.3, 0.4) is 0 Å². The summed E-state index contributed by atoms with van der Waals surface area (Å²) in [6, 6.07) is 0. The van der Waals surface area contributed by atoms with Crippen LogP contribution in [0.15, 0.2) is 12.7 Å². The molecule has 0 N–H and O–H groups in total. The summed E-state index contributed by atoms with van der Waals surface area (Å²) in [4.78, 5) is 0. The highest BCUT2D eigenvalue weighted by Gasteiger charge is 1.99. The summed E-state index contributed by atoms with van der Waals surface area (Å²) in [5.41, 5.74) is 0. The molecule has 0 radical (unpaired) electrons. The lowest BCUT2D eigenvalue weighted by atomic mass is 10.1. The van der Waals surface area contributed by atoms with Gasteiger partial charge in [-0.1, -0.05) is 13.0 Å². The lowest BCUT2D eigenvalue weighted by Gasteiger charge is -2.00. The molecule has 0 nitrogen and oxygen atoms in total. The van der Waals surface area contributed by atoms with E-state index in [1.807, 2.05) is 13.0 Å². The minimum absolute atomic E-state index is 0.593. The first-order valence-corrected chi connectivity index (χ1v) is 3.56. The van der Waals surface area contributed by atoms with E-state index in [2.05, 4.69) is 6.58 Å². The van der Waals surface area contributed by atoms with Gasteiger partial charge in [-0.2, -0.15) is 0 Å². The minimum atomic E-state index is -0.593. The molecular weight excluding hydrogens is 115 g/mol. The molecule has 1 heteroatoms. The van der Waals surface area contributed by atoms with Crippen molar-refractivity contribution in [1.82, 2.24) is 0 Å². The molecule has 0 aromatic carbocycles. The number of halogens is 1. The molecule has 0 fully saturated rings. The van der Waals surface area contributed by atoms with Crippen LogP contribution in [0.5, 0.6) is 0 Å². The molecule has 0 aliphatic heterocycles. The molecule has 0 unspecified atom stereocenters. The highest BCUT2D eigenvalue weighted by atomic mass is 19.1. The number of rotatable bonds is 5. The van der Waals surface area contributed by atoms with Gasteiger partial charge in [0.05, 0.1) is 6.17 Å². The van der Waals surface area contributed by atoms with Crippen LogP contribution in [0.1, 0.15) is 32.6 Å². The van der Waals surface area contributed by atoms with Crippen LogP contribution in [-0.4, -0.2) is 6.17 Å². The summed E-state index contributed by atoms with van der Waals surface area (Å²) >= 11 is 0. The second-order valence-electron chi connectivity index (χ2n) is 2.23. The van der Waals surface area contributed by atoms with E-state index in [1.54, 1.807) is 0 Å². The molecule has 0 saturated heterocycles. The summed E-state index contributed by atoms with van der Waals surface area (Å²) in [6.45, 7) is 5.43. The van der Waals surface area contributed by atoms with Crippen LogP contribution in [0.4, 0.5) is 4.39 Å². The molecule has 0 aromatic heterocycles. The zero-order chi connectivity index (χ0) is 7.11. The molecule has 1 atom stereocenters. The van der Waals surface area contributed by atoms with Crippen molar-refractivity contribution in [2.75, 3.05) is 0 Å². The van der Waals surface area contributed by atoms with Crippen LogP contribution in [0.2, 0.25) is 0 Å². The second-order valence-corrected chi connectivity index (χ2v) is 2.23. The van der Waals surface area contributed by atoms with Crippen molar-refractivity contribution < 1.29 is 4.39 Å². The largest absolute Gasteiger partial charge is 0.248 e. The third kappa shape index (κ3) is 5.54. The molecule has 0 heterocycles. The standard InChI is InChI=1S/C8H15F/c1-3-5-6-7-8(9)4-2/h3,8H,1,4-7H2,2H3/t8-/m1/s1. The SMILES string of the molecule is C=CCCC[C@H](F)CC. The fourth-order valence-corrected chi connectivity index (χ4v) is 0.688. The van der Waals surface area contributed by atoms with Crippen LogP contribution >= 0.6 is 0 Å². The van der Waals surface area contributed by atoms with Gasteiger partial charge >= 0.3 is 0 Å². The van der Waals surface area contributed by atoms with Gasteiger partial charge in [0.2, 0.25) is 0 Å². The van der Waals surface area contributed by atoms with Gasteiger partial charge in [-0.15, -0.1) is 6.58 Å². The van der Waals surface area contributed by atoms with Crippen molar-refractivity contribution >= 4 is 0 Å². The molecule has 9 heavy (non-hydrogen) atoms. The maximum absolute atomic E-state index is 12.4. The maximum Gasteiger partial charge on any atom is 0.0999 e. The van der Waals surface area contributed by atoms with Crippen molar-refractivity contribution in [3.05, 3.63) is 12.7 Å². The van der Waals surface area contributed by atoms with E-state index in [1.165, 1.54) is 0 Å². The Labute approximate surface area is 56.8 Å². The van der Waals surface area contributed by atoms with Gasteiger partial charge in [0.1, 0.15) is 0 Å². The molecule has 0 amide bonds. The predicted molar refractivity (Wildman–Crippen MR) is 39.2 cm³/mol. The van der Waals surface area contributed by atoms with Crippen LogP contribution in [0, 0.1) is 0 Å². The van der Waals surface area contributed by atoms with Gasteiger partial charge in [0, 0.05) is 0 Å². The third-order valence-corrected chi connectivity index (χ3v) is 1.37. The van der Waals surface area contributed by atoms with E-state index in [0.29, 0.717) is 12.8 Å².